The molecule has 0 radical (unpaired) electrons. The van der Waals surface area contributed by atoms with Crippen molar-refractivity contribution in [2.75, 3.05) is 0 Å². The molecule has 4 aliphatic rings. The van der Waals surface area contributed by atoms with E-state index < -0.39 is 0 Å². The van der Waals surface area contributed by atoms with E-state index in [-0.39, 0.29) is 17.1 Å². The quantitative estimate of drug-likeness (QED) is 0.807. The summed E-state index contributed by atoms with van der Waals surface area (Å²) in [7, 11) is 0. The Balaban J connectivity index is 1.70. The van der Waals surface area contributed by atoms with Gasteiger partial charge in [-0.25, -0.2) is 0 Å². The van der Waals surface area contributed by atoms with Crippen molar-refractivity contribution >= 4 is 11.6 Å². The Kier molecular flexibility index (Phi) is 3.33. The van der Waals surface area contributed by atoms with Crippen LogP contribution in [0.2, 0.25) is 0 Å². The number of hydrogen-bond donors (Lipinski definition) is 1. The van der Waals surface area contributed by atoms with E-state index in [2.05, 4.69) is 19.1 Å². The summed E-state index contributed by atoms with van der Waals surface area (Å²) in [6.45, 7) is 4.13. The number of rotatable bonds is 1. The minimum atomic E-state index is 0.123. The molecule has 4 aliphatic carbocycles. The number of ketones is 2. The summed E-state index contributed by atoms with van der Waals surface area (Å²) in [6, 6.07) is 0. The second-order valence-electron chi connectivity index (χ2n) is 8.43. The molecular formula is C20H27NO2. The van der Waals surface area contributed by atoms with E-state index in [1.54, 1.807) is 6.92 Å². The maximum atomic E-state index is 12.1. The molecule has 2 fully saturated rings. The summed E-state index contributed by atoms with van der Waals surface area (Å²) in [5.74, 6) is 3.00. The van der Waals surface area contributed by atoms with E-state index in [1.807, 2.05) is 0 Å². The number of fused-ring (bicyclic) bond motifs is 5. The molecule has 0 bridgehead atoms. The fourth-order valence-electron chi connectivity index (χ4n) is 6.45. The van der Waals surface area contributed by atoms with Crippen LogP contribution in [0.15, 0.2) is 23.4 Å². The Morgan fingerprint density at radius 2 is 2.04 bits per heavy atom. The van der Waals surface area contributed by atoms with E-state index >= 15 is 0 Å². The van der Waals surface area contributed by atoms with Gasteiger partial charge >= 0.3 is 0 Å². The van der Waals surface area contributed by atoms with Crippen LogP contribution in [0.25, 0.3) is 0 Å². The first-order valence-corrected chi connectivity index (χ1v) is 9.15. The predicted octanol–water partition coefficient (Wildman–Crippen LogP) is 3.40. The van der Waals surface area contributed by atoms with Crippen LogP contribution >= 0.6 is 0 Å². The highest BCUT2D eigenvalue weighted by Crippen LogP contribution is 2.62. The summed E-state index contributed by atoms with van der Waals surface area (Å²) in [5, 5.41) is 0. The minimum Gasteiger partial charge on any atom is -0.396 e. The van der Waals surface area contributed by atoms with Crippen molar-refractivity contribution < 1.29 is 9.59 Å². The predicted molar refractivity (Wildman–Crippen MR) is 89.3 cm³/mol. The van der Waals surface area contributed by atoms with Gasteiger partial charge in [0.05, 0.1) is 5.70 Å². The second kappa shape index (κ2) is 5.06. The molecule has 6 atom stereocenters. The Morgan fingerprint density at radius 3 is 2.78 bits per heavy atom. The van der Waals surface area contributed by atoms with Crippen LogP contribution in [0.3, 0.4) is 0 Å². The van der Waals surface area contributed by atoms with Gasteiger partial charge in [0, 0.05) is 12.3 Å². The van der Waals surface area contributed by atoms with Crippen LogP contribution in [0.1, 0.15) is 52.4 Å². The average molecular weight is 313 g/mol. The maximum absolute atomic E-state index is 12.1. The molecule has 0 unspecified atom stereocenters. The minimum absolute atomic E-state index is 0.123. The van der Waals surface area contributed by atoms with Crippen LogP contribution in [-0.4, -0.2) is 11.6 Å². The van der Waals surface area contributed by atoms with Crippen LogP contribution in [-0.2, 0) is 9.59 Å². The Morgan fingerprint density at radius 1 is 1.26 bits per heavy atom. The highest BCUT2D eigenvalue weighted by Gasteiger charge is 2.56. The lowest BCUT2D eigenvalue weighted by molar-refractivity contribution is -0.126. The van der Waals surface area contributed by atoms with Gasteiger partial charge in [0.15, 0.2) is 5.78 Å². The number of hydrogen-bond acceptors (Lipinski definition) is 3. The molecule has 0 saturated heterocycles. The van der Waals surface area contributed by atoms with E-state index in [9.17, 15) is 9.59 Å². The molecule has 0 aliphatic heterocycles. The van der Waals surface area contributed by atoms with Crippen molar-refractivity contribution in [3.8, 4) is 0 Å². The molecule has 3 nitrogen and oxygen atoms in total. The maximum Gasteiger partial charge on any atom is 0.178 e. The van der Waals surface area contributed by atoms with E-state index in [4.69, 9.17) is 5.73 Å². The fraction of sp³-hybridized carbons (Fsp3) is 0.700. The first-order chi connectivity index (χ1) is 10.9. The van der Waals surface area contributed by atoms with Crippen molar-refractivity contribution in [3.63, 3.8) is 0 Å². The monoisotopic (exact) mass is 313 g/mol. The lowest BCUT2D eigenvalue weighted by Crippen LogP contribution is -2.46. The molecule has 0 heterocycles. The van der Waals surface area contributed by atoms with Gasteiger partial charge < -0.3 is 5.73 Å². The standard InChI is InChI=1S/C20H27NO2/c1-11(22)16-6-7-17-14-3-4-15-12(5-8-18(23)19(15)21)13(14)9-10-20(16,17)2/h3-4,12-14,16-17H,5-10,21H2,1-2H3/t12-,13-,14-,16-,17+,20-/m1/s1. The lowest BCUT2D eigenvalue weighted by atomic mass is 9.52. The normalized spacial score (nSPS) is 45.5. The third-order valence-corrected chi connectivity index (χ3v) is 7.58. The Bertz CT molecular complexity index is 632. The number of carbonyl (C=O) groups is 2. The van der Waals surface area contributed by atoms with Gasteiger partial charge in [0.1, 0.15) is 5.78 Å². The molecule has 0 amide bonds. The number of allylic oxidation sites excluding steroid dienone is 4. The largest absolute Gasteiger partial charge is 0.396 e. The summed E-state index contributed by atoms with van der Waals surface area (Å²) < 4.78 is 0. The van der Waals surface area contributed by atoms with Crippen molar-refractivity contribution in [1.82, 2.24) is 0 Å². The summed E-state index contributed by atoms with van der Waals surface area (Å²) in [6.07, 6.45) is 10.6. The SMILES string of the molecule is CC(=O)[C@H]1CC[C@H]2[C@@H]3C=CC4=C(N)C(=O)CC[C@@H]4[C@H]3CC[C@]12C. The van der Waals surface area contributed by atoms with Gasteiger partial charge in [0.2, 0.25) is 0 Å². The number of carbonyl (C=O) groups excluding carboxylic acids is 2. The van der Waals surface area contributed by atoms with Crippen molar-refractivity contribution in [2.24, 2.45) is 40.7 Å². The Labute approximate surface area is 138 Å². The van der Waals surface area contributed by atoms with Gasteiger partial charge in [-0.3, -0.25) is 9.59 Å². The molecule has 2 N–H and O–H groups in total. The molecule has 124 valence electrons. The summed E-state index contributed by atoms with van der Waals surface area (Å²) in [5.41, 5.74) is 7.87. The van der Waals surface area contributed by atoms with Crippen molar-refractivity contribution in [1.29, 1.82) is 0 Å². The third kappa shape index (κ3) is 2.01. The molecule has 2 saturated carbocycles. The summed E-state index contributed by atoms with van der Waals surface area (Å²) in [4.78, 5) is 24.0. The highest BCUT2D eigenvalue weighted by atomic mass is 16.1. The lowest BCUT2D eigenvalue weighted by Gasteiger charge is -2.52. The highest BCUT2D eigenvalue weighted by molar-refractivity contribution is 5.96. The molecule has 3 heteroatoms. The van der Waals surface area contributed by atoms with E-state index in [0.29, 0.717) is 41.6 Å². The first kappa shape index (κ1) is 15.2. The zero-order valence-electron chi connectivity index (χ0n) is 14.2. The number of nitrogens with two attached hydrogens (primary N) is 1. The van der Waals surface area contributed by atoms with Crippen molar-refractivity contribution in [3.05, 3.63) is 23.4 Å². The van der Waals surface area contributed by atoms with Gasteiger partial charge in [0.25, 0.3) is 0 Å². The molecular weight excluding hydrogens is 286 g/mol. The number of Topliss-reactive ketones (excluding diaryl/α,β-unsaturated/α-hetero) is 2. The smallest absolute Gasteiger partial charge is 0.178 e. The average Bonchev–Trinajstić information content (AvgIpc) is 2.88. The van der Waals surface area contributed by atoms with Gasteiger partial charge in [-0.15, -0.1) is 0 Å². The molecule has 0 aromatic carbocycles. The fourth-order valence-corrected chi connectivity index (χ4v) is 6.45. The van der Waals surface area contributed by atoms with Crippen LogP contribution in [0.4, 0.5) is 0 Å². The second-order valence-corrected chi connectivity index (χ2v) is 8.43. The van der Waals surface area contributed by atoms with Gasteiger partial charge in [-0.05, 0) is 73.7 Å². The molecule has 0 spiro atoms. The molecule has 0 aromatic heterocycles. The molecule has 0 aromatic rings. The third-order valence-electron chi connectivity index (χ3n) is 7.58. The van der Waals surface area contributed by atoms with Crippen LogP contribution < -0.4 is 5.73 Å². The first-order valence-electron chi connectivity index (χ1n) is 9.15. The topological polar surface area (TPSA) is 60.2 Å². The van der Waals surface area contributed by atoms with Crippen molar-refractivity contribution in [2.45, 2.75) is 52.4 Å². The zero-order valence-corrected chi connectivity index (χ0v) is 14.2. The van der Waals surface area contributed by atoms with E-state index in [1.165, 1.54) is 12.8 Å². The van der Waals surface area contributed by atoms with Crippen LogP contribution in [0.5, 0.6) is 0 Å². The summed E-state index contributed by atoms with van der Waals surface area (Å²) >= 11 is 0. The van der Waals surface area contributed by atoms with Gasteiger partial charge in [-0.1, -0.05) is 19.1 Å². The Hall–Kier alpha value is -1.38. The zero-order chi connectivity index (χ0) is 16.4. The molecule has 23 heavy (non-hydrogen) atoms. The van der Waals surface area contributed by atoms with E-state index in [0.717, 1.165) is 24.8 Å². The van der Waals surface area contributed by atoms with Crippen LogP contribution in [0, 0.1) is 35.0 Å². The van der Waals surface area contributed by atoms with Gasteiger partial charge in [-0.2, -0.15) is 0 Å². The molecule has 4 rings (SSSR count).